The molecule has 2 aliphatic rings. The van der Waals surface area contributed by atoms with Gasteiger partial charge < -0.3 is 14.6 Å². The van der Waals surface area contributed by atoms with Gasteiger partial charge in [0.05, 0.1) is 17.2 Å². The largest absolute Gasteiger partial charge is 0.393 e. The van der Waals surface area contributed by atoms with Crippen LogP contribution in [0.4, 0.5) is 5.69 Å². The van der Waals surface area contributed by atoms with Crippen LogP contribution >= 0.6 is 0 Å². The highest BCUT2D eigenvalue weighted by atomic mass is 16.6. The number of amides is 1. The summed E-state index contributed by atoms with van der Waals surface area (Å²) in [6, 6.07) is 1.34. The maximum Gasteiger partial charge on any atom is 0.287 e. The summed E-state index contributed by atoms with van der Waals surface area (Å²) in [5, 5.41) is 20.8. The number of carbonyl (C=O) groups is 1. The first-order valence-corrected chi connectivity index (χ1v) is 7.33. The zero-order chi connectivity index (χ0) is 15.1. The maximum atomic E-state index is 12.6. The third-order valence-electron chi connectivity index (χ3n) is 4.76. The van der Waals surface area contributed by atoms with Gasteiger partial charge in [0.25, 0.3) is 11.6 Å². The van der Waals surface area contributed by atoms with Crippen molar-refractivity contribution < 1.29 is 14.8 Å². The third-order valence-corrected chi connectivity index (χ3v) is 4.76. The lowest BCUT2D eigenvalue weighted by Gasteiger charge is -2.19. The fraction of sp³-hybridized carbons (Fsp3) is 0.643. The Labute approximate surface area is 122 Å². The predicted molar refractivity (Wildman–Crippen MR) is 74.9 cm³/mol. The minimum absolute atomic E-state index is 0.0559. The van der Waals surface area contributed by atoms with Crippen molar-refractivity contribution in [1.29, 1.82) is 0 Å². The zero-order valence-corrected chi connectivity index (χ0v) is 11.9. The van der Waals surface area contributed by atoms with Crippen molar-refractivity contribution in [2.45, 2.75) is 32.4 Å². The summed E-state index contributed by atoms with van der Waals surface area (Å²) < 4.78 is 1.62. The Balaban J connectivity index is 1.81. The highest BCUT2D eigenvalue weighted by molar-refractivity contribution is 5.93. The van der Waals surface area contributed by atoms with E-state index in [4.69, 9.17) is 0 Å². The minimum Gasteiger partial charge on any atom is -0.393 e. The van der Waals surface area contributed by atoms with Crippen LogP contribution in [0, 0.1) is 22.0 Å². The summed E-state index contributed by atoms with van der Waals surface area (Å²) in [4.78, 5) is 24.7. The van der Waals surface area contributed by atoms with Gasteiger partial charge in [0, 0.05) is 31.6 Å². The van der Waals surface area contributed by atoms with Crippen molar-refractivity contribution in [2.75, 3.05) is 13.1 Å². The second-order valence-corrected chi connectivity index (χ2v) is 5.91. The summed E-state index contributed by atoms with van der Waals surface area (Å²) in [5.41, 5.74) is 0.304. The van der Waals surface area contributed by atoms with Crippen LogP contribution in [0.1, 0.15) is 30.3 Å². The molecule has 2 fully saturated rings. The number of hydrogen-bond acceptors (Lipinski definition) is 4. The average molecular weight is 293 g/mol. The lowest BCUT2D eigenvalue weighted by molar-refractivity contribution is -0.384. The summed E-state index contributed by atoms with van der Waals surface area (Å²) in [6.07, 6.45) is 2.85. The van der Waals surface area contributed by atoms with Crippen molar-refractivity contribution in [3.8, 4) is 0 Å². The Morgan fingerprint density at radius 2 is 2.24 bits per heavy atom. The van der Waals surface area contributed by atoms with Gasteiger partial charge in [-0.1, -0.05) is 0 Å². The fourth-order valence-corrected chi connectivity index (χ4v) is 3.60. The van der Waals surface area contributed by atoms with Gasteiger partial charge in [-0.3, -0.25) is 14.9 Å². The number of aromatic nitrogens is 1. The fourth-order valence-electron chi connectivity index (χ4n) is 3.60. The molecule has 7 heteroatoms. The lowest BCUT2D eigenvalue weighted by Crippen LogP contribution is -2.32. The number of aliphatic hydroxyl groups is 1. The molecule has 0 bridgehead atoms. The molecule has 7 nitrogen and oxygen atoms in total. The van der Waals surface area contributed by atoms with Gasteiger partial charge in [0.15, 0.2) is 0 Å². The Kier molecular flexibility index (Phi) is 3.44. The average Bonchev–Trinajstić information content (AvgIpc) is 3.13. The monoisotopic (exact) mass is 293 g/mol. The van der Waals surface area contributed by atoms with Gasteiger partial charge in [-0.25, -0.2) is 0 Å². The molecule has 1 aliphatic carbocycles. The molecular weight excluding hydrogens is 274 g/mol. The van der Waals surface area contributed by atoms with E-state index in [1.165, 1.54) is 12.3 Å². The van der Waals surface area contributed by atoms with Crippen LogP contribution in [0.3, 0.4) is 0 Å². The molecule has 1 aromatic heterocycles. The number of aryl methyl sites for hydroxylation is 1. The smallest absolute Gasteiger partial charge is 0.287 e. The highest BCUT2D eigenvalue weighted by Crippen LogP contribution is 2.38. The quantitative estimate of drug-likeness (QED) is 0.671. The number of carbonyl (C=O) groups excluding carboxylic acids is 1. The molecule has 0 aromatic carbocycles. The van der Waals surface area contributed by atoms with E-state index in [2.05, 4.69) is 0 Å². The predicted octanol–water partition coefficient (Wildman–Crippen LogP) is 1.26. The molecule has 1 N–H and O–H groups in total. The van der Waals surface area contributed by atoms with Gasteiger partial charge >= 0.3 is 0 Å². The first-order chi connectivity index (χ1) is 10.0. The minimum atomic E-state index is -0.481. The molecule has 0 radical (unpaired) electrons. The van der Waals surface area contributed by atoms with Gasteiger partial charge in [0.2, 0.25) is 0 Å². The van der Waals surface area contributed by atoms with E-state index < -0.39 is 4.92 Å². The molecule has 1 aromatic rings. The van der Waals surface area contributed by atoms with Crippen molar-refractivity contribution in [1.82, 2.24) is 9.47 Å². The molecule has 114 valence electrons. The molecule has 0 spiro atoms. The van der Waals surface area contributed by atoms with Gasteiger partial charge in [-0.2, -0.15) is 0 Å². The number of hydrogen-bond donors (Lipinski definition) is 1. The van der Waals surface area contributed by atoms with Crippen LogP contribution < -0.4 is 0 Å². The number of nitrogens with zero attached hydrogens (tertiary/aromatic N) is 3. The zero-order valence-electron chi connectivity index (χ0n) is 11.9. The molecule has 3 atom stereocenters. The summed E-state index contributed by atoms with van der Waals surface area (Å²) >= 11 is 0. The second-order valence-electron chi connectivity index (χ2n) is 5.91. The number of rotatable bonds is 3. The van der Waals surface area contributed by atoms with E-state index >= 15 is 0 Å². The number of nitro groups is 1. The van der Waals surface area contributed by atoms with Crippen LogP contribution in [-0.2, 0) is 6.54 Å². The molecule has 3 rings (SSSR count). The Morgan fingerprint density at radius 1 is 1.48 bits per heavy atom. The lowest BCUT2D eigenvalue weighted by atomic mass is 10.00. The molecular formula is C14H19N3O4. The molecule has 3 unspecified atom stereocenters. The molecule has 2 heterocycles. The number of aliphatic hydroxyl groups excluding tert-OH is 1. The first-order valence-electron chi connectivity index (χ1n) is 7.33. The number of fused-ring (bicyclic) bond motifs is 1. The van der Waals surface area contributed by atoms with Gasteiger partial charge in [0.1, 0.15) is 5.69 Å². The van der Waals surface area contributed by atoms with Crippen LogP contribution in [-0.4, -0.2) is 44.6 Å². The van der Waals surface area contributed by atoms with E-state index in [1.807, 2.05) is 6.92 Å². The highest BCUT2D eigenvalue weighted by Gasteiger charge is 2.43. The summed E-state index contributed by atoms with van der Waals surface area (Å²) in [5.74, 6) is 0.351. The van der Waals surface area contributed by atoms with E-state index in [1.54, 1.807) is 9.47 Å². The van der Waals surface area contributed by atoms with E-state index in [0.717, 1.165) is 12.8 Å². The van der Waals surface area contributed by atoms with Crippen LogP contribution in [0.15, 0.2) is 12.3 Å². The Hall–Kier alpha value is -1.89. The van der Waals surface area contributed by atoms with Gasteiger partial charge in [-0.15, -0.1) is 0 Å². The van der Waals surface area contributed by atoms with Crippen molar-refractivity contribution in [3.63, 3.8) is 0 Å². The summed E-state index contributed by atoms with van der Waals surface area (Å²) in [7, 11) is 0. The molecule has 1 amide bonds. The van der Waals surface area contributed by atoms with Crippen LogP contribution in [0.5, 0.6) is 0 Å². The number of likely N-dealkylation sites (tertiary alicyclic amines) is 1. The maximum absolute atomic E-state index is 12.6. The van der Waals surface area contributed by atoms with Crippen molar-refractivity contribution >= 4 is 11.6 Å². The first kappa shape index (κ1) is 14.1. The Morgan fingerprint density at radius 3 is 2.86 bits per heavy atom. The van der Waals surface area contributed by atoms with E-state index in [0.29, 0.717) is 31.2 Å². The van der Waals surface area contributed by atoms with Crippen molar-refractivity contribution in [3.05, 3.63) is 28.1 Å². The van der Waals surface area contributed by atoms with Crippen LogP contribution in [0.25, 0.3) is 0 Å². The summed E-state index contributed by atoms with van der Waals surface area (Å²) in [6.45, 7) is 3.55. The van der Waals surface area contributed by atoms with E-state index in [9.17, 15) is 20.0 Å². The standard InChI is InChI=1S/C14H19N3O4/c1-2-15-7-10(17(20)21)5-12(15)14(19)16-6-9-3-4-13(18)11(9)8-16/h5,7,9,11,13,18H,2-4,6,8H2,1H3. The van der Waals surface area contributed by atoms with Crippen molar-refractivity contribution in [2.24, 2.45) is 11.8 Å². The SMILES string of the molecule is CCn1cc([N+](=O)[O-])cc1C(=O)N1CC2CCC(O)C2C1. The third kappa shape index (κ3) is 2.31. The molecule has 1 aliphatic heterocycles. The van der Waals surface area contributed by atoms with Gasteiger partial charge in [-0.05, 0) is 25.7 Å². The molecule has 21 heavy (non-hydrogen) atoms. The van der Waals surface area contributed by atoms with E-state index in [-0.39, 0.29) is 23.6 Å². The molecule has 1 saturated carbocycles. The second kappa shape index (κ2) is 5.14. The normalized spacial score (nSPS) is 27.9. The molecule has 1 saturated heterocycles. The topological polar surface area (TPSA) is 88.6 Å². The van der Waals surface area contributed by atoms with Crippen LogP contribution in [0.2, 0.25) is 0 Å². The Bertz CT molecular complexity index is 583.